The molecular formula is C11H14N4O4S. The summed E-state index contributed by atoms with van der Waals surface area (Å²) in [6, 6.07) is 3.63. The Kier molecular flexibility index (Phi) is 3.64. The highest BCUT2D eigenvalue weighted by Crippen LogP contribution is 2.27. The molecule has 2 rings (SSSR count). The number of amides is 2. The number of benzene rings is 1. The highest BCUT2D eigenvalue weighted by molar-refractivity contribution is 7.89. The first-order chi connectivity index (χ1) is 9.29. The molecule has 1 aliphatic heterocycles. The molecule has 1 aromatic carbocycles. The van der Waals surface area contributed by atoms with Crippen LogP contribution in [0.2, 0.25) is 0 Å². The van der Waals surface area contributed by atoms with Gasteiger partial charge in [0.15, 0.2) is 0 Å². The lowest BCUT2D eigenvalue weighted by Crippen LogP contribution is -2.47. The molecule has 1 unspecified atom stereocenters. The summed E-state index contributed by atoms with van der Waals surface area (Å²) in [6.45, 7) is 0. The van der Waals surface area contributed by atoms with E-state index in [2.05, 4.69) is 10.6 Å². The second-order valence-corrected chi connectivity index (χ2v) is 5.94. The van der Waals surface area contributed by atoms with Gasteiger partial charge >= 0.3 is 0 Å². The second kappa shape index (κ2) is 5.10. The number of nitrogens with one attached hydrogen (secondary N) is 2. The predicted molar refractivity (Wildman–Crippen MR) is 72.0 cm³/mol. The second-order valence-electron chi connectivity index (χ2n) is 4.41. The third-order valence-corrected chi connectivity index (χ3v) is 3.91. The average molecular weight is 298 g/mol. The summed E-state index contributed by atoms with van der Waals surface area (Å²) in [5.74, 6) is -0.805. The average Bonchev–Trinajstić information content (AvgIpc) is 2.33. The first-order valence-electron chi connectivity index (χ1n) is 5.80. The molecule has 1 aromatic rings. The third-order valence-electron chi connectivity index (χ3n) is 2.94. The minimum atomic E-state index is -3.94. The van der Waals surface area contributed by atoms with Crippen LogP contribution in [-0.2, 0) is 19.6 Å². The van der Waals surface area contributed by atoms with Crippen molar-refractivity contribution in [1.82, 2.24) is 5.32 Å². The van der Waals surface area contributed by atoms with Gasteiger partial charge < -0.3 is 11.1 Å². The summed E-state index contributed by atoms with van der Waals surface area (Å²) in [4.78, 5) is 22.5. The minimum absolute atomic E-state index is 0.0558. The number of primary sulfonamides is 1. The van der Waals surface area contributed by atoms with E-state index >= 15 is 0 Å². The molecule has 0 radical (unpaired) electrons. The Morgan fingerprint density at radius 2 is 2.00 bits per heavy atom. The van der Waals surface area contributed by atoms with Crippen LogP contribution >= 0.6 is 0 Å². The third kappa shape index (κ3) is 2.89. The van der Waals surface area contributed by atoms with Gasteiger partial charge in [0.05, 0.1) is 11.4 Å². The van der Waals surface area contributed by atoms with Gasteiger partial charge in [-0.25, -0.2) is 13.6 Å². The largest absolute Gasteiger partial charge is 0.396 e. The van der Waals surface area contributed by atoms with Gasteiger partial charge in [-0.05, 0) is 18.6 Å². The van der Waals surface area contributed by atoms with Crippen LogP contribution in [0.5, 0.6) is 0 Å². The van der Waals surface area contributed by atoms with Gasteiger partial charge in [0.2, 0.25) is 21.8 Å². The van der Waals surface area contributed by atoms with Crippen LogP contribution in [0.4, 0.5) is 11.4 Å². The maximum atomic E-state index is 11.6. The summed E-state index contributed by atoms with van der Waals surface area (Å²) < 4.78 is 22.7. The molecule has 20 heavy (non-hydrogen) atoms. The van der Waals surface area contributed by atoms with Crippen molar-refractivity contribution in [1.29, 1.82) is 0 Å². The molecular weight excluding hydrogens is 284 g/mol. The quantitative estimate of drug-likeness (QED) is 0.422. The van der Waals surface area contributed by atoms with Crippen LogP contribution < -0.4 is 21.5 Å². The fourth-order valence-corrected chi connectivity index (χ4v) is 2.62. The molecule has 1 aliphatic rings. The fraction of sp³-hybridized carbons (Fsp3) is 0.273. The van der Waals surface area contributed by atoms with Gasteiger partial charge in [-0.2, -0.15) is 0 Å². The smallest absolute Gasteiger partial charge is 0.249 e. The van der Waals surface area contributed by atoms with Crippen molar-refractivity contribution in [3.05, 3.63) is 18.2 Å². The van der Waals surface area contributed by atoms with Crippen molar-refractivity contribution < 1.29 is 18.0 Å². The molecule has 1 atom stereocenters. The number of imide groups is 1. The number of para-hydroxylation sites is 1. The molecule has 1 fully saturated rings. The summed E-state index contributed by atoms with van der Waals surface area (Å²) in [6.07, 6.45) is 0.516. The first kappa shape index (κ1) is 14.3. The Labute approximate surface area is 115 Å². The molecule has 0 bridgehead atoms. The van der Waals surface area contributed by atoms with E-state index in [1.165, 1.54) is 18.2 Å². The summed E-state index contributed by atoms with van der Waals surface area (Å²) >= 11 is 0. The lowest BCUT2D eigenvalue weighted by atomic mass is 10.1. The Morgan fingerprint density at radius 3 is 2.60 bits per heavy atom. The zero-order valence-electron chi connectivity index (χ0n) is 10.4. The lowest BCUT2D eigenvalue weighted by Gasteiger charge is -2.23. The molecule has 1 saturated heterocycles. The van der Waals surface area contributed by atoms with E-state index < -0.39 is 22.0 Å². The number of hydrogen-bond donors (Lipinski definition) is 4. The summed E-state index contributed by atoms with van der Waals surface area (Å²) in [5, 5.41) is 10.1. The van der Waals surface area contributed by atoms with Crippen LogP contribution in [0.25, 0.3) is 0 Å². The Bertz CT molecular complexity index is 671. The van der Waals surface area contributed by atoms with E-state index in [1.54, 1.807) is 0 Å². The molecule has 0 aromatic heterocycles. The van der Waals surface area contributed by atoms with Gasteiger partial charge in [-0.3, -0.25) is 14.9 Å². The van der Waals surface area contributed by atoms with E-state index in [9.17, 15) is 18.0 Å². The first-order valence-corrected chi connectivity index (χ1v) is 7.35. The van der Waals surface area contributed by atoms with Crippen LogP contribution in [0, 0.1) is 0 Å². The van der Waals surface area contributed by atoms with E-state index in [0.29, 0.717) is 6.42 Å². The molecule has 9 heteroatoms. The normalized spacial score (nSPS) is 19.6. The number of hydrogen-bond acceptors (Lipinski definition) is 6. The highest BCUT2D eigenvalue weighted by Gasteiger charge is 2.27. The van der Waals surface area contributed by atoms with Crippen LogP contribution in [0.15, 0.2) is 23.1 Å². The van der Waals surface area contributed by atoms with E-state index in [-0.39, 0.29) is 28.6 Å². The van der Waals surface area contributed by atoms with Crippen molar-refractivity contribution in [2.45, 2.75) is 23.8 Å². The van der Waals surface area contributed by atoms with Crippen LogP contribution in [-0.4, -0.2) is 26.3 Å². The number of carbonyl (C=O) groups is 2. The Morgan fingerprint density at radius 1 is 1.30 bits per heavy atom. The van der Waals surface area contributed by atoms with E-state index in [1.807, 2.05) is 0 Å². The SMILES string of the molecule is Nc1c(NC2CCC(=O)NC2=O)cccc1S(N)(=O)=O. The Hall–Kier alpha value is -2.13. The predicted octanol–water partition coefficient (Wildman–Crippen LogP) is -0.867. The molecule has 0 aliphatic carbocycles. The zero-order chi connectivity index (χ0) is 14.9. The maximum absolute atomic E-state index is 11.6. The lowest BCUT2D eigenvalue weighted by molar-refractivity contribution is -0.133. The van der Waals surface area contributed by atoms with E-state index in [0.717, 1.165) is 0 Å². The van der Waals surface area contributed by atoms with Crippen LogP contribution in [0.3, 0.4) is 0 Å². The molecule has 8 nitrogen and oxygen atoms in total. The zero-order valence-corrected chi connectivity index (χ0v) is 11.2. The van der Waals surface area contributed by atoms with Crippen molar-refractivity contribution in [2.75, 3.05) is 11.1 Å². The topological polar surface area (TPSA) is 144 Å². The number of sulfonamides is 1. The number of nitrogen functional groups attached to an aromatic ring is 1. The standard InChI is InChI=1S/C11H14N4O4S/c12-10-6(2-1-3-8(10)20(13,18)19)14-7-4-5-9(16)15-11(7)17/h1-3,7,14H,4-5,12H2,(H2,13,18,19)(H,15,16,17). The fourth-order valence-electron chi connectivity index (χ4n) is 1.94. The maximum Gasteiger partial charge on any atom is 0.249 e. The summed E-state index contributed by atoms with van der Waals surface area (Å²) in [7, 11) is -3.94. The van der Waals surface area contributed by atoms with Crippen molar-refractivity contribution >= 4 is 33.2 Å². The molecule has 108 valence electrons. The molecule has 0 spiro atoms. The highest BCUT2D eigenvalue weighted by atomic mass is 32.2. The van der Waals surface area contributed by atoms with Crippen molar-refractivity contribution in [2.24, 2.45) is 5.14 Å². The van der Waals surface area contributed by atoms with Crippen molar-refractivity contribution in [3.63, 3.8) is 0 Å². The van der Waals surface area contributed by atoms with Crippen molar-refractivity contribution in [3.8, 4) is 0 Å². The summed E-state index contributed by atoms with van der Waals surface area (Å²) in [5.41, 5.74) is 5.97. The van der Waals surface area contributed by atoms with Gasteiger partial charge in [0, 0.05) is 6.42 Å². The Balaban J connectivity index is 2.27. The van der Waals surface area contributed by atoms with E-state index in [4.69, 9.17) is 10.9 Å². The number of carbonyl (C=O) groups excluding carboxylic acids is 2. The molecule has 1 heterocycles. The molecule has 2 amide bonds. The number of rotatable bonds is 3. The monoisotopic (exact) mass is 298 g/mol. The van der Waals surface area contributed by atoms with Crippen LogP contribution in [0.1, 0.15) is 12.8 Å². The minimum Gasteiger partial charge on any atom is -0.396 e. The molecule has 6 N–H and O–H groups in total. The van der Waals surface area contributed by atoms with Gasteiger partial charge in [-0.1, -0.05) is 6.07 Å². The number of nitrogens with two attached hydrogens (primary N) is 2. The molecule has 0 saturated carbocycles. The number of piperidine rings is 1. The number of anilines is 2. The van der Waals surface area contributed by atoms with Gasteiger partial charge in [0.25, 0.3) is 0 Å². The van der Waals surface area contributed by atoms with Gasteiger partial charge in [0.1, 0.15) is 10.9 Å². The van der Waals surface area contributed by atoms with Gasteiger partial charge in [-0.15, -0.1) is 0 Å².